The van der Waals surface area contributed by atoms with Crippen molar-refractivity contribution >= 4 is 23.9 Å². The first-order chi connectivity index (χ1) is 26.9. The van der Waals surface area contributed by atoms with E-state index in [4.69, 9.17) is 14.6 Å². The zero-order chi connectivity index (χ0) is 47.3. The van der Waals surface area contributed by atoms with Crippen LogP contribution in [0.3, 0.4) is 0 Å². The van der Waals surface area contributed by atoms with Crippen LogP contribution in [0.4, 0.5) is 26.3 Å². The monoisotopic (exact) mass is 863 g/mol. The lowest BCUT2D eigenvalue weighted by Gasteiger charge is -2.30. The van der Waals surface area contributed by atoms with Gasteiger partial charge in [-0.3, -0.25) is 19.2 Å². The summed E-state index contributed by atoms with van der Waals surface area (Å²) in [5.41, 5.74) is -0.0221. The average Bonchev–Trinajstić information content (AvgIpc) is 3.75. The standard InChI is InChI=1S/C15H19NO4.C15H24.C9H12F6O2.C6H12O2/c1-4-14(2,3)12(17)19-10-8-5-9-11(10)20-13(18)15(9,6-8)7-16;1-7-15(5,6)13-10-8-12(9-11-13)14(2,3)4;1-4-7(2,3)6(16)17-5(8(10,11)12)9(13,14)15;1-4-6(2,3)5(7)8/h8-11H,4-6H2,1-3H3;8-11H,7H2,1-6H3;5H,4H2,1-3H3;4H2,1-3H3,(H,7,8). The smallest absolute Gasteiger partial charge is 0.434 e. The van der Waals surface area contributed by atoms with E-state index in [1.165, 1.54) is 38.3 Å². The van der Waals surface area contributed by atoms with Crippen LogP contribution in [0.15, 0.2) is 24.3 Å². The SMILES string of the molecule is CCC(C)(C)C(=O)O.CCC(C)(C)C(=O)OC(C(F)(F)F)C(F)(F)F.CCC(C)(C)C(=O)OC1C2CC3C1OC(=O)C3(C#N)C2.CCC(C)(C)c1ccc(C(C)(C)C)cc1. The summed E-state index contributed by atoms with van der Waals surface area (Å²) in [6, 6.07) is 11.3. The summed E-state index contributed by atoms with van der Waals surface area (Å²) < 4.78 is 87.0. The quantitative estimate of drug-likeness (QED) is 0.138. The number of carboxylic acid groups (broad SMARTS) is 1. The number of esters is 3. The maximum absolute atomic E-state index is 12.2. The molecule has 1 saturated heterocycles. The third kappa shape index (κ3) is 13.1. The molecule has 0 amide bonds. The molecule has 15 heteroatoms. The molecule has 1 N–H and O–H groups in total. The minimum atomic E-state index is -5.67. The number of ether oxygens (including phenoxy) is 3. The number of benzene rings is 1. The molecule has 5 atom stereocenters. The molecule has 9 nitrogen and oxygen atoms in total. The predicted octanol–water partition coefficient (Wildman–Crippen LogP) is 11.4. The number of halogens is 6. The zero-order valence-corrected chi connectivity index (χ0v) is 38.0. The molecule has 342 valence electrons. The molecule has 1 aromatic rings. The van der Waals surface area contributed by atoms with Crippen LogP contribution in [0.1, 0.15) is 154 Å². The number of nitriles is 1. The number of carbonyl (C=O) groups excluding carboxylic acids is 3. The topological polar surface area (TPSA) is 140 Å². The minimum absolute atomic E-state index is 0.0638. The van der Waals surface area contributed by atoms with E-state index in [0.29, 0.717) is 24.7 Å². The molecule has 1 heterocycles. The van der Waals surface area contributed by atoms with Gasteiger partial charge in [0.1, 0.15) is 12.2 Å². The van der Waals surface area contributed by atoms with Crippen molar-refractivity contribution in [2.45, 2.75) is 184 Å². The van der Waals surface area contributed by atoms with Gasteiger partial charge in [-0.2, -0.15) is 31.6 Å². The normalized spacial score (nSPS) is 22.5. The summed E-state index contributed by atoms with van der Waals surface area (Å²) in [4.78, 5) is 45.6. The number of fused-ring (bicyclic) bond motifs is 1. The third-order valence-electron chi connectivity index (χ3n) is 12.6. The molecule has 0 spiro atoms. The average molecular weight is 864 g/mol. The number of rotatable bonds is 10. The van der Waals surface area contributed by atoms with Crippen LogP contribution in [-0.2, 0) is 44.2 Å². The van der Waals surface area contributed by atoms with E-state index in [2.05, 4.69) is 76.6 Å². The van der Waals surface area contributed by atoms with Gasteiger partial charge in [-0.05, 0) is 102 Å². The molecule has 1 aliphatic heterocycles. The minimum Gasteiger partial charge on any atom is -0.481 e. The molecule has 4 rings (SSSR count). The second-order valence-electron chi connectivity index (χ2n) is 19.6. The summed E-state index contributed by atoms with van der Waals surface area (Å²) in [6.07, 6.45) is -12.4. The Labute approximate surface area is 352 Å². The second kappa shape index (κ2) is 19.5. The summed E-state index contributed by atoms with van der Waals surface area (Å²) in [6.45, 7) is 28.4. The van der Waals surface area contributed by atoms with Crippen LogP contribution in [0.2, 0.25) is 0 Å². The fourth-order valence-electron chi connectivity index (χ4n) is 6.22. The molecular weight excluding hydrogens is 796 g/mol. The van der Waals surface area contributed by atoms with Crippen molar-refractivity contribution < 1.29 is 64.8 Å². The molecule has 3 fully saturated rings. The number of carboxylic acids is 1. The lowest BCUT2D eigenvalue weighted by Crippen LogP contribution is -2.47. The van der Waals surface area contributed by atoms with Crippen LogP contribution in [0.5, 0.6) is 0 Å². The summed E-state index contributed by atoms with van der Waals surface area (Å²) in [5, 5.41) is 17.8. The van der Waals surface area contributed by atoms with Crippen molar-refractivity contribution in [2.75, 3.05) is 0 Å². The van der Waals surface area contributed by atoms with E-state index < -0.39 is 64.1 Å². The highest BCUT2D eigenvalue weighted by Gasteiger charge is 2.72. The highest BCUT2D eigenvalue weighted by Crippen LogP contribution is 2.62. The summed E-state index contributed by atoms with van der Waals surface area (Å²) >= 11 is 0. The molecule has 3 aliphatic rings. The van der Waals surface area contributed by atoms with Crippen molar-refractivity contribution in [3.05, 3.63) is 35.4 Å². The van der Waals surface area contributed by atoms with Crippen LogP contribution in [0.25, 0.3) is 0 Å². The number of hydrogen-bond acceptors (Lipinski definition) is 8. The van der Waals surface area contributed by atoms with E-state index >= 15 is 0 Å². The Morgan fingerprint density at radius 1 is 0.767 bits per heavy atom. The second-order valence-corrected chi connectivity index (χ2v) is 19.6. The maximum Gasteiger partial charge on any atom is 0.434 e. The van der Waals surface area contributed by atoms with Crippen molar-refractivity contribution in [1.82, 2.24) is 0 Å². The van der Waals surface area contributed by atoms with Gasteiger partial charge in [0.2, 0.25) is 0 Å². The molecular formula is C45H67F6NO8. The third-order valence-corrected chi connectivity index (χ3v) is 12.6. The van der Waals surface area contributed by atoms with Gasteiger partial charge in [0.25, 0.3) is 6.10 Å². The van der Waals surface area contributed by atoms with Gasteiger partial charge in [-0.15, -0.1) is 0 Å². The Hall–Kier alpha value is -3.83. The molecule has 5 unspecified atom stereocenters. The highest BCUT2D eigenvalue weighted by atomic mass is 19.4. The van der Waals surface area contributed by atoms with Crippen molar-refractivity contribution in [3.8, 4) is 6.07 Å². The Kier molecular flexibility index (Phi) is 17.6. The van der Waals surface area contributed by atoms with Crippen LogP contribution < -0.4 is 0 Å². The first-order valence-corrected chi connectivity index (χ1v) is 20.5. The van der Waals surface area contributed by atoms with Gasteiger partial charge in [0, 0.05) is 11.8 Å². The highest BCUT2D eigenvalue weighted by molar-refractivity contribution is 5.85. The van der Waals surface area contributed by atoms with Crippen molar-refractivity contribution in [1.29, 1.82) is 5.26 Å². The van der Waals surface area contributed by atoms with Crippen LogP contribution in [-0.4, -0.2) is 59.6 Å². The van der Waals surface area contributed by atoms with Gasteiger partial charge in [0.05, 0.1) is 22.3 Å². The Morgan fingerprint density at radius 2 is 1.20 bits per heavy atom. The molecule has 60 heavy (non-hydrogen) atoms. The summed E-state index contributed by atoms with van der Waals surface area (Å²) in [7, 11) is 0. The van der Waals surface area contributed by atoms with Gasteiger partial charge >= 0.3 is 36.2 Å². The van der Waals surface area contributed by atoms with Crippen molar-refractivity contribution in [2.24, 2.45) is 33.5 Å². The van der Waals surface area contributed by atoms with E-state index in [9.17, 15) is 50.8 Å². The lowest BCUT2D eigenvalue weighted by atomic mass is 9.74. The van der Waals surface area contributed by atoms with Crippen LogP contribution in [0, 0.1) is 44.8 Å². The van der Waals surface area contributed by atoms with E-state index in [-0.39, 0.29) is 35.7 Å². The van der Waals surface area contributed by atoms with Gasteiger partial charge < -0.3 is 19.3 Å². The summed E-state index contributed by atoms with van der Waals surface area (Å²) in [5.74, 6) is -2.95. The molecule has 2 bridgehead atoms. The van der Waals surface area contributed by atoms with Crippen LogP contribution >= 0.6 is 0 Å². The molecule has 1 aromatic carbocycles. The lowest BCUT2D eigenvalue weighted by molar-refractivity contribution is -0.315. The van der Waals surface area contributed by atoms with Gasteiger partial charge in [-0.1, -0.05) is 86.6 Å². The van der Waals surface area contributed by atoms with Crippen molar-refractivity contribution in [3.63, 3.8) is 0 Å². The van der Waals surface area contributed by atoms with Gasteiger partial charge in [-0.25, -0.2) is 0 Å². The molecule has 2 aliphatic carbocycles. The number of carbonyl (C=O) groups is 4. The first-order valence-electron chi connectivity index (χ1n) is 20.5. The Morgan fingerprint density at radius 3 is 1.55 bits per heavy atom. The van der Waals surface area contributed by atoms with E-state index in [0.717, 1.165) is 6.42 Å². The predicted molar refractivity (Wildman–Crippen MR) is 214 cm³/mol. The largest absolute Gasteiger partial charge is 0.481 e. The molecule has 2 saturated carbocycles. The van der Waals surface area contributed by atoms with Gasteiger partial charge in [0.15, 0.2) is 5.41 Å². The number of alkyl halides is 6. The first kappa shape index (κ1) is 54.2. The Balaban J connectivity index is 0.000000417. The number of hydrogen-bond donors (Lipinski definition) is 1. The fraction of sp³-hybridized carbons (Fsp3) is 0.756. The number of nitrogens with zero attached hydrogens (tertiary/aromatic N) is 1. The van der Waals surface area contributed by atoms with E-state index in [1.807, 2.05) is 27.7 Å². The fourth-order valence-corrected chi connectivity index (χ4v) is 6.22. The van der Waals surface area contributed by atoms with E-state index in [1.54, 1.807) is 13.8 Å². The maximum atomic E-state index is 12.2. The molecule has 0 radical (unpaired) electrons. The molecule has 0 aromatic heterocycles. The Bertz CT molecular complexity index is 1670. The number of aliphatic carboxylic acids is 1. The zero-order valence-electron chi connectivity index (χ0n) is 38.0.